The average molecular weight is 392 g/mol. The van der Waals surface area contributed by atoms with Crippen LogP contribution < -0.4 is 5.32 Å². The van der Waals surface area contributed by atoms with Crippen LogP contribution in [-0.4, -0.2) is 42.9 Å². The van der Waals surface area contributed by atoms with E-state index in [0.717, 1.165) is 57.7 Å². The van der Waals surface area contributed by atoms with E-state index in [4.69, 9.17) is 4.74 Å². The van der Waals surface area contributed by atoms with Crippen LogP contribution in [0.15, 0.2) is 42.5 Å². The highest BCUT2D eigenvalue weighted by atomic mass is 16.5. The largest absolute Gasteiger partial charge is 0.379 e. The van der Waals surface area contributed by atoms with E-state index < -0.39 is 11.7 Å². The smallest absolute Gasteiger partial charge is 0.292 e. The predicted molar refractivity (Wildman–Crippen MR) is 112 cm³/mol. The molecule has 0 bridgehead atoms. The Hall–Kier alpha value is -2.50. The molecule has 0 aromatic heterocycles. The summed E-state index contributed by atoms with van der Waals surface area (Å²) >= 11 is 0. The summed E-state index contributed by atoms with van der Waals surface area (Å²) in [6.45, 7) is 4.53. The molecule has 1 fully saturated rings. The molecule has 1 aliphatic heterocycles. The summed E-state index contributed by atoms with van der Waals surface area (Å²) in [5, 5.41) is 2.82. The number of hydrogen-bond donors (Lipinski definition) is 1. The number of carbonyl (C=O) groups is 2. The molecule has 4 rings (SSSR count). The Morgan fingerprint density at radius 1 is 0.931 bits per heavy atom. The van der Waals surface area contributed by atoms with Gasteiger partial charge in [0.05, 0.1) is 13.2 Å². The van der Waals surface area contributed by atoms with Crippen molar-refractivity contribution < 1.29 is 14.3 Å². The summed E-state index contributed by atoms with van der Waals surface area (Å²) in [6.07, 6.45) is 4.41. The molecule has 1 amide bonds. The van der Waals surface area contributed by atoms with E-state index in [0.29, 0.717) is 12.1 Å². The number of fused-ring (bicyclic) bond motifs is 1. The minimum Gasteiger partial charge on any atom is -0.379 e. The zero-order chi connectivity index (χ0) is 20.1. The molecule has 0 spiro atoms. The highest BCUT2D eigenvalue weighted by Crippen LogP contribution is 2.22. The first-order valence-electron chi connectivity index (χ1n) is 10.5. The van der Waals surface area contributed by atoms with Crippen LogP contribution in [0.4, 0.5) is 0 Å². The monoisotopic (exact) mass is 392 g/mol. The Morgan fingerprint density at radius 3 is 2.45 bits per heavy atom. The highest BCUT2D eigenvalue weighted by molar-refractivity contribution is 6.42. The molecule has 1 N–H and O–H groups in total. The van der Waals surface area contributed by atoms with Crippen molar-refractivity contribution in [3.8, 4) is 0 Å². The standard InChI is InChI=1S/C24H28N2O3/c27-23(20-10-9-18-5-1-2-6-19(18)15-20)24(28)25-16-21-7-3-4-8-22(21)17-26-11-13-29-14-12-26/h3-4,7-10,15H,1-2,5-6,11-14,16-17H2,(H,25,28). The van der Waals surface area contributed by atoms with Crippen LogP contribution >= 0.6 is 0 Å². The molecule has 2 aliphatic rings. The Balaban J connectivity index is 1.38. The molecule has 5 nitrogen and oxygen atoms in total. The predicted octanol–water partition coefficient (Wildman–Crippen LogP) is 2.90. The molecular formula is C24H28N2O3. The fourth-order valence-corrected chi connectivity index (χ4v) is 4.15. The average Bonchev–Trinajstić information content (AvgIpc) is 2.78. The quantitative estimate of drug-likeness (QED) is 0.607. The molecule has 29 heavy (non-hydrogen) atoms. The van der Waals surface area contributed by atoms with Crippen molar-refractivity contribution in [1.29, 1.82) is 0 Å². The van der Waals surface area contributed by atoms with Crippen molar-refractivity contribution in [2.45, 2.75) is 38.8 Å². The van der Waals surface area contributed by atoms with E-state index >= 15 is 0 Å². The van der Waals surface area contributed by atoms with Crippen molar-refractivity contribution in [2.24, 2.45) is 0 Å². The maximum atomic E-state index is 12.6. The van der Waals surface area contributed by atoms with Gasteiger partial charge in [-0.1, -0.05) is 36.4 Å². The van der Waals surface area contributed by atoms with E-state index in [2.05, 4.69) is 16.3 Å². The van der Waals surface area contributed by atoms with E-state index in [1.807, 2.05) is 30.3 Å². The van der Waals surface area contributed by atoms with Gasteiger partial charge in [0.2, 0.25) is 5.78 Å². The van der Waals surface area contributed by atoms with Gasteiger partial charge < -0.3 is 10.1 Å². The Kier molecular flexibility index (Phi) is 6.37. The molecule has 2 aromatic carbocycles. The van der Waals surface area contributed by atoms with Crippen molar-refractivity contribution in [3.05, 3.63) is 70.3 Å². The number of ether oxygens (including phenoxy) is 1. The number of benzene rings is 2. The number of carbonyl (C=O) groups excluding carboxylic acids is 2. The molecule has 0 atom stereocenters. The molecule has 152 valence electrons. The van der Waals surface area contributed by atoms with E-state index in [9.17, 15) is 9.59 Å². The van der Waals surface area contributed by atoms with Gasteiger partial charge in [-0.05, 0) is 54.0 Å². The Morgan fingerprint density at radius 2 is 1.66 bits per heavy atom. The van der Waals surface area contributed by atoms with Crippen LogP contribution in [-0.2, 0) is 35.5 Å². The van der Waals surface area contributed by atoms with Gasteiger partial charge in [-0.2, -0.15) is 0 Å². The molecule has 0 unspecified atom stereocenters. The third-order valence-corrected chi connectivity index (χ3v) is 5.87. The highest BCUT2D eigenvalue weighted by Gasteiger charge is 2.19. The topological polar surface area (TPSA) is 58.6 Å². The molecule has 2 aromatic rings. The molecule has 0 radical (unpaired) electrons. The number of nitrogens with one attached hydrogen (secondary N) is 1. The van der Waals surface area contributed by atoms with Gasteiger partial charge >= 0.3 is 0 Å². The zero-order valence-electron chi connectivity index (χ0n) is 16.8. The maximum Gasteiger partial charge on any atom is 0.292 e. The molecule has 1 aliphatic carbocycles. The fourth-order valence-electron chi connectivity index (χ4n) is 4.15. The van der Waals surface area contributed by atoms with E-state index in [1.54, 1.807) is 6.07 Å². The van der Waals surface area contributed by atoms with Crippen LogP contribution in [0.5, 0.6) is 0 Å². The lowest BCUT2D eigenvalue weighted by atomic mass is 9.89. The summed E-state index contributed by atoms with van der Waals surface area (Å²) < 4.78 is 5.41. The van der Waals surface area contributed by atoms with Gasteiger partial charge in [-0.25, -0.2) is 0 Å². The second kappa shape index (κ2) is 9.33. The number of rotatable bonds is 6. The molecule has 5 heteroatoms. The van der Waals surface area contributed by atoms with Crippen LogP contribution in [0.3, 0.4) is 0 Å². The number of morpholine rings is 1. The summed E-state index contributed by atoms with van der Waals surface area (Å²) in [6, 6.07) is 13.8. The van der Waals surface area contributed by atoms with E-state index in [1.165, 1.54) is 23.1 Å². The van der Waals surface area contributed by atoms with Crippen LogP contribution in [0.1, 0.15) is 45.5 Å². The second-order valence-corrected chi connectivity index (χ2v) is 7.86. The summed E-state index contributed by atoms with van der Waals surface area (Å²) in [4.78, 5) is 27.5. The van der Waals surface area contributed by atoms with Gasteiger partial charge in [0.1, 0.15) is 0 Å². The van der Waals surface area contributed by atoms with E-state index in [-0.39, 0.29) is 0 Å². The summed E-state index contributed by atoms with van der Waals surface area (Å²) in [5.41, 5.74) is 5.24. The number of Topliss-reactive ketones (excluding diaryl/α,β-unsaturated/α-hetero) is 1. The lowest BCUT2D eigenvalue weighted by molar-refractivity contribution is -0.117. The number of aryl methyl sites for hydroxylation is 2. The first-order valence-corrected chi connectivity index (χ1v) is 10.5. The summed E-state index contributed by atoms with van der Waals surface area (Å²) in [5.74, 6) is -0.994. The molecule has 1 saturated heterocycles. The minimum absolute atomic E-state index is 0.357. The number of amides is 1. The van der Waals surface area contributed by atoms with Gasteiger partial charge in [0, 0.05) is 31.7 Å². The van der Waals surface area contributed by atoms with Crippen LogP contribution in [0, 0.1) is 0 Å². The summed E-state index contributed by atoms with van der Waals surface area (Å²) in [7, 11) is 0. The van der Waals surface area contributed by atoms with Gasteiger partial charge in [-0.15, -0.1) is 0 Å². The Labute approximate surface area is 172 Å². The van der Waals surface area contributed by atoms with Crippen LogP contribution in [0.25, 0.3) is 0 Å². The zero-order valence-corrected chi connectivity index (χ0v) is 16.8. The number of ketones is 1. The van der Waals surface area contributed by atoms with Crippen LogP contribution in [0.2, 0.25) is 0 Å². The third-order valence-electron chi connectivity index (χ3n) is 5.87. The Bertz CT molecular complexity index is 887. The first-order chi connectivity index (χ1) is 14.2. The first kappa shape index (κ1) is 19.8. The molecule has 1 heterocycles. The third kappa shape index (κ3) is 4.92. The molecule has 0 saturated carbocycles. The normalized spacial score (nSPS) is 16.8. The van der Waals surface area contributed by atoms with Gasteiger partial charge in [-0.3, -0.25) is 14.5 Å². The number of nitrogens with zero attached hydrogens (tertiary/aromatic N) is 1. The maximum absolute atomic E-state index is 12.6. The SMILES string of the molecule is O=C(NCc1ccccc1CN1CCOCC1)C(=O)c1ccc2c(c1)CCCC2. The van der Waals surface area contributed by atoms with Crippen molar-refractivity contribution >= 4 is 11.7 Å². The molecular weight excluding hydrogens is 364 g/mol. The lowest BCUT2D eigenvalue weighted by Crippen LogP contribution is -2.36. The van der Waals surface area contributed by atoms with Crippen molar-refractivity contribution in [1.82, 2.24) is 10.2 Å². The lowest BCUT2D eigenvalue weighted by Gasteiger charge is -2.27. The minimum atomic E-state index is -0.540. The van der Waals surface area contributed by atoms with Crippen molar-refractivity contribution in [3.63, 3.8) is 0 Å². The fraction of sp³-hybridized carbons (Fsp3) is 0.417. The van der Waals surface area contributed by atoms with Gasteiger partial charge in [0.15, 0.2) is 0 Å². The second-order valence-electron chi connectivity index (χ2n) is 7.86. The van der Waals surface area contributed by atoms with Gasteiger partial charge in [0.25, 0.3) is 5.91 Å². The number of hydrogen-bond acceptors (Lipinski definition) is 4. The van der Waals surface area contributed by atoms with Crippen molar-refractivity contribution in [2.75, 3.05) is 26.3 Å².